The van der Waals surface area contributed by atoms with Crippen molar-refractivity contribution < 1.29 is 0 Å². The Labute approximate surface area is 123 Å². The van der Waals surface area contributed by atoms with E-state index in [4.69, 9.17) is 10.8 Å². The third-order valence-corrected chi connectivity index (χ3v) is 4.91. The summed E-state index contributed by atoms with van der Waals surface area (Å²) in [5.41, 5.74) is 7.64. The largest absolute Gasteiger partial charge is 0.327 e. The molecule has 0 spiro atoms. The van der Waals surface area contributed by atoms with Gasteiger partial charge in [0.15, 0.2) is 0 Å². The Balaban J connectivity index is 1.89. The molecule has 0 saturated heterocycles. The van der Waals surface area contributed by atoms with Crippen LogP contribution < -0.4 is 5.73 Å². The molecule has 1 heterocycles. The lowest BCUT2D eigenvalue weighted by Crippen LogP contribution is -2.33. The molecule has 0 aliphatic heterocycles. The molecule has 1 aromatic rings. The van der Waals surface area contributed by atoms with E-state index in [0.717, 1.165) is 12.8 Å². The van der Waals surface area contributed by atoms with Crippen molar-refractivity contribution >= 4 is 0 Å². The molecular weight excluding hydrogens is 246 g/mol. The van der Waals surface area contributed by atoms with Gasteiger partial charge in [0.2, 0.25) is 0 Å². The molecule has 0 bridgehead atoms. The lowest BCUT2D eigenvalue weighted by Gasteiger charge is -2.25. The number of nitrogens with zero attached hydrogens (tertiary/aromatic N) is 2. The van der Waals surface area contributed by atoms with E-state index in [1.165, 1.54) is 50.6 Å². The molecule has 2 rings (SSSR count). The van der Waals surface area contributed by atoms with Crippen LogP contribution in [-0.2, 0) is 6.42 Å². The zero-order valence-electron chi connectivity index (χ0n) is 13.2. The molecular formula is C17H31N3. The summed E-state index contributed by atoms with van der Waals surface area (Å²) in [5.74, 6) is 0.698. The first kappa shape index (κ1) is 15.6. The number of nitrogens with two attached hydrogens (primary N) is 1. The van der Waals surface area contributed by atoms with Crippen molar-refractivity contribution in [2.75, 3.05) is 0 Å². The lowest BCUT2D eigenvalue weighted by atomic mass is 9.84. The second-order valence-electron chi connectivity index (χ2n) is 6.52. The number of hydrogen-bond donors (Lipinski definition) is 1. The number of hydrogen-bond acceptors (Lipinski definition) is 2. The molecule has 1 aliphatic rings. The summed E-state index contributed by atoms with van der Waals surface area (Å²) < 4.78 is 2.08. The summed E-state index contributed by atoms with van der Waals surface area (Å²) in [7, 11) is 0. The average Bonchev–Trinajstić information content (AvgIpc) is 2.85. The van der Waals surface area contributed by atoms with Gasteiger partial charge in [-0.15, -0.1) is 0 Å². The van der Waals surface area contributed by atoms with Gasteiger partial charge in [-0.25, -0.2) is 0 Å². The van der Waals surface area contributed by atoms with E-state index < -0.39 is 0 Å². The predicted molar refractivity (Wildman–Crippen MR) is 84.7 cm³/mol. The van der Waals surface area contributed by atoms with Crippen LogP contribution in [0.5, 0.6) is 0 Å². The molecule has 2 unspecified atom stereocenters. The second-order valence-corrected chi connectivity index (χ2v) is 6.52. The highest BCUT2D eigenvalue weighted by Crippen LogP contribution is 2.25. The molecule has 1 saturated carbocycles. The highest BCUT2D eigenvalue weighted by molar-refractivity contribution is 5.02. The standard InChI is InChI=1S/C17H31N3/c1-3-14(2)20-12-11-16(19-20)13-17(18)15-9-7-5-4-6-8-10-15/h11-12,14-15,17H,3-10,13,18H2,1-2H3. The summed E-state index contributed by atoms with van der Waals surface area (Å²) in [6.07, 6.45) is 13.7. The summed E-state index contributed by atoms with van der Waals surface area (Å²) in [6, 6.07) is 2.92. The van der Waals surface area contributed by atoms with E-state index in [9.17, 15) is 0 Å². The molecule has 1 aromatic heterocycles. The van der Waals surface area contributed by atoms with E-state index in [1.807, 2.05) is 0 Å². The van der Waals surface area contributed by atoms with Crippen LogP contribution in [0.3, 0.4) is 0 Å². The Hall–Kier alpha value is -0.830. The molecule has 3 heteroatoms. The molecule has 0 radical (unpaired) electrons. The first-order valence-corrected chi connectivity index (χ1v) is 8.50. The van der Waals surface area contributed by atoms with Gasteiger partial charge in [-0.2, -0.15) is 5.10 Å². The Morgan fingerprint density at radius 1 is 1.25 bits per heavy atom. The maximum atomic E-state index is 6.47. The van der Waals surface area contributed by atoms with Gasteiger partial charge in [0.25, 0.3) is 0 Å². The fourth-order valence-electron chi connectivity index (χ4n) is 3.24. The van der Waals surface area contributed by atoms with Crippen molar-refractivity contribution in [2.24, 2.45) is 11.7 Å². The monoisotopic (exact) mass is 277 g/mol. The van der Waals surface area contributed by atoms with E-state index in [1.54, 1.807) is 0 Å². The van der Waals surface area contributed by atoms with E-state index in [0.29, 0.717) is 12.0 Å². The van der Waals surface area contributed by atoms with Gasteiger partial charge < -0.3 is 5.73 Å². The quantitative estimate of drug-likeness (QED) is 0.881. The van der Waals surface area contributed by atoms with Crippen molar-refractivity contribution in [2.45, 2.75) is 83.7 Å². The molecule has 3 nitrogen and oxygen atoms in total. The minimum atomic E-state index is 0.286. The normalized spacial score (nSPS) is 21.1. The Bertz CT molecular complexity index is 377. The zero-order valence-corrected chi connectivity index (χ0v) is 13.2. The third kappa shape index (κ3) is 4.34. The number of rotatable bonds is 5. The predicted octanol–water partition coefficient (Wildman–Crippen LogP) is 4.08. The maximum absolute atomic E-state index is 6.47. The third-order valence-electron chi connectivity index (χ3n) is 4.91. The fraction of sp³-hybridized carbons (Fsp3) is 0.824. The molecule has 1 aliphatic carbocycles. The van der Waals surface area contributed by atoms with Gasteiger partial charge in [0, 0.05) is 24.7 Å². The molecule has 0 aromatic carbocycles. The molecule has 1 fully saturated rings. The van der Waals surface area contributed by atoms with Gasteiger partial charge in [-0.3, -0.25) is 4.68 Å². The molecule has 114 valence electrons. The van der Waals surface area contributed by atoms with Crippen LogP contribution in [0.15, 0.2) is 12.3 Å². The lowest BCUT2D eigenvalue weighted by molar-refractivity contribution is 0.320. The minimum absolute atomic E-state index is 0.286. The SMILES string of the molecule is CCC(C)n1ccc(CC(N)C2CCCCCCC2)n1. The summed E-state index contributed by atoms with van der Waals surface area (Å²) in [6.45, 7) is 4.41. The Morgan fingerprint density at radius 2 is 1.90 bits per heavy atom. The summed E-state index contributed by atoms with van der Waals surface area (Å²) in [4.78, 5) is 0. The fourth-order valence-corrected chi connectivity index (χ4v) is 3.24. The van der Waals surface area contributed by atoms with E-state index in [-0.39, 0.29) is 6.04 Å². The van der Waals surface area contributed by atoms with Crippen LogP contribution >= 0.6 is 0 Å². The zero-order chi connectivity index (χ0) is 14.4. The van der Waals surface area contributed by atoms with Gasteiger partial charge in [0.05, 0.1) is 5.69 Å². The average molecular weight is 277 g/mol. The topological polar surface area (TPSA) is 43.8 Å². The Kier molecular flexibility index (Phi) is 6.08. The second kappa shape index (κ2) is 7.82. The van der Waals surface area contributed by atoms with Crippen LogP contribution in [0.1, 0.15) is 76.9 Å². The van der Waals surface area contributed by atoms with Gasteiger partial charge >= 0.3 is 0 Å². The van der Waals surface area contributed by atoms with Crippen LogP contribution in [0, 0.1) is 5.92 Å². The van der Waals surface area contributed by atoms with Crippen LogP contribution in [0.25, 0.3) is 0 Å². The van der Waals surface area contributed by atoms with Crippen LogP contribution in [-0.4, -0.2) is 15.8 Å². The smallest absolute Gasteiger partial charge is 0.0640 e. The highest BCUT2D eigenvalue weighted by atomic mass is 15.3. The minimum Gasteiger partial charge on any atom is -0.327 e. The maximum Gasteiger partial charge on any atom is 0.0640 e. The van der Waals surface area contributed by atoms with Crippen molar-refractivity contribution in [3.05, 3.63) is 18.0 Å². The molecule has 2 N–H and O–H groups in total. The van der Waals surface area contributed by atoms with Crippen molar-refractivity contribution in [3.63, 3.8) is 0 Å². The summed E-state index contributed by atoms with van der Waals surface area (Å²) >= 11 is 0. The van der Waals surface area contributed by atoms with Crippen molar-refractivity contribution in [1.29, 1.82) is 0 Å². The number of aromatic nitrogens is 2. The van der Waals surface area contributed by atoms with Gasteiger partial charge in [0.1, 0.15) is 0 Å². The first-order chi connectivity index (χ1) is 9.70. The summed E-state index contributed by atoms with van der Waals surface area (Å²) in [5, 5.41) is 4.69. The van der Waals surface area contributed by atoms with E-state index in [2.05, 4.69) is 30.8 Å². The first-order valence-electron chi connectivity index (χ1n) is 8.50. The van der Waals surface area contributed by atoms with E-state index >= 15 is 0 Å². The van der Waals surface area contributed by atoms with Gasteiger partial charge in [-0.1, -0.05) is 39.0 Å². The van der Waals surface area contributed by atoms with Crippen molar-refractivity contribution in [1.82, 2.24) is 9.78 Å². The molecule has 2 atom stereocenters. The van der Waals surface area contributed by atoms with Crippen molar-refractivity contribution in [3.8, 4) is 0 Å². The molecule has 20 heavy (non-hydrogen) atoms. The van der Waals surface area contributed by atoms with Gasteiger partial charge in [-0.05, 0) is 38.2 Å². The van der Waals surface area contributed by atoms with Crippen LogP contribution in [0.2, 0.25) is 0 Å². The molecule has 0 amide bonds. The Morgan fingerprint density at radius 3 is 2.55 bits per heavy atom. The highest BCUT2D eigenvalue weighted by Gasteiger charge is 2.20. The van der Waals surface area contributed by atoms with Crippen LogP contribution in [0.4, 0.5) is 0 Å².